The first kappa shape index (κ1) is 21.2. The molecule has 0 aromatic heterocycles. The van der Waals surface area contributed by atoms with Gasteiger partial charge in [0.25, 0.3) is 0 Å². The number of likely N-dealkylation sites (tertiary alicyclic amines) is 1. The lowest BCUT2D eigenvalue weighted by Gasteiger charge is -2.38. The number of aliphatic hydroxyl groups is 1. The summed E-state index contributed by atoms with van der Waals surface area (Å²) in [6.07, 6.45) is 3.87. The quantitative estimate of drug-likeness (QED) is 0.618. The maximum Gasteiger partial charge on any atom is 0.412 e. The van der Waals surface area contributed by atoms with Crippen molar-refractivity contribution >= 4 is 15.1 Å². The second-order valence-electron chi connectivity index (χ2n) is 8.95. The Kier molecular flexibility index (Phi) is 6.69. The zero-order valence-corrected chi connectivity index (χ0v) is 17.7. The van der Waals surface area contributed by atoms with E-state index in [1.165, 1.54) is 0 Å². The number of carbonyl (C=O) groups excluding carboxylic acids is 1. The Morgan fingerprint density at radius 3 is 2.29 bits per heavy atom. The van der Waals surface area contributed by atoms with Gasteiger partial charge in [-0.1, -0.05) is 26.8 Å². The third kappa shape index (κ3) is 5.60. The Balaban J connectivity index is 3.24. The number of aliphatic hydroxyl groups excluding tert-OH is 1. The van der Waals surface area contributed by atoms with Gasteiger partial charge in [-0.15, -0.1) is 0 Å². The first-order chi connectivity index (χ1) is 10.8. The molecule has 1 aliphatic heterocycles. The van der Waals surface area contributed by atoms with Crippen LogP contribution in [0.4, 0.5) is 4.79 Å². The highest BCUT2D eigenvalue weighted by molar-refractivity contribution is 6.48. The van der Waals surface area contributed by atoms with Crippen LogP contribution in [0.1, 0.15) is 48.0 Å². The Hall–Kier alpha value is -0.853. The van der Waals surface area contributed by atoms with E-state index < -0.39 is 20.4 Å². The molecule has 0 unspecified atom stereocenters. The van der Waals surface area contributed by atoms with Gasteiger partial charge in [-0.25, -0.2) is 4.79 Å². The van der Waals surface area contributed by atoms with Crippen molar-refractivity contribution in [3.05, 3.63) is 12.2 Å². The summed E-state index contributed by atoms with van der Waals surface area (Å²) in [4.78, 5) is 14.6. The van der Waals surface area contributed by atoms with Crippen LogP contribution < -0.4 is 0 Å². The van der Waals surface area contributed by atoms with Gasteiger partial charge in [0.15, 0.2) is 14.8 Å². The number of hydrogen-bond donors (Lipinski definition) is 1. The molecule has 24 heavy (non-hydrogen) atoms. The van der Waals surface area contributed by atoms with E-state index >= 15 is 0 Å². The van der Waals surface area contributed by atoms with Gasteiger partial charge in [0.2, 0.25) is 0 Å². The summed E-state index contributed by atoms with van der Waals surface area (Å²) in [5.41, 5.74) is -1.32. The fourth-order valence-corrected chi connectivity index (χ4v) is 4.10. The number of ether oxygens (including phenoxy) is 1. The minimum Gasteiger partial charge on any atom is -0.444 e. The zero-order chi connectivity index (χ0) is 18.8. The monoisotopic (exact) mass is 357 g/mol. The SMILES string of the molecule is C[SiH](C)O[C@]1(C=CCO)C[C@H](C(C)(C)C)CN1C(=O)OC(C)(C)C. The molecule has 0 aromatic rings. The summed E-state index contributed by atoms with van der Waals surface area (Å²) < 4.78 is 12.0. The first-order valence-corrected chi connectivity index (χ1v) is 11.6. The van der Waals surface area contributed by atoms with E-state index in [2.05, 4.69) is 33.9 Å². The lowest BCUT2D eigenvalue weighted by Crippen LogP contribution is -2.51. The molecular formula is C18H35NO4Si. The van der Waals surface area contributed by atoms with E-state index in [1.54, 1.807) is 11.0 Å². The summed E-state index contributed by atoms with van der Waals surface area (Å²) in [7, 11) is -1.43. The molecule has 1 aliphatic rings. The molecule has 0 saturated carbocycles. The first-order valence-electron chi connectivity index (χ1n) is 8.78. The minimum absolute atomic E-state index is 0.0525. The average molecular weight is 358 g/mol. The fraction of sp³-hybridized carbons (Fsp3) is 0.833. The van der Waals surface area contributed by atoms with Crippen LogP contribution in [0.5, 0.6) is 0 Å². The number of rotatable bonds is 4. The van der Waals surface area contributed by atoms with Gasteiger partial charge < -0.3 is 14.3 Å². The summed E-state index contributed by atoms with van der Waals surface area (Å²) >= 11 is 0. The molecule has 140 valence electrons. The number of hydrogen-bond acceptors (Lipinski definition) is 4. The van der Waals surface area contributed by atoms with E-state index in [0.717, 1.165) is 6.42 Å². The number of nitrogens with zero attached hydrogens (tertiary/aromatic N) is 1. The Morgan fingerprint density at radius 2 is 1.88 bits per heavy atom. The minimum atomic E-state index is -1.43. The summed E-state index contributed by atoms with van der Waals surface area (Å²) in [6, 6.07) is 0. The fourth-order valence-electron chi connectivity index (χ4n) is 2.98. The molecule has 2 atom stereocenters. The van der Waals surface area contributed by atoms with Crippen LogP contribution in [0.2, 0.25) is 13.1 Å². The second-order valence-corrected chi connectivity index (χ2v) is 11.3. The van der Waals surface area contributed by atoms with Gasteiger partial charge in [0, 0.05) is 13.0 Å². The molecular weight excluding hydrogens is 322 g/mol. The normalized spacial score (nSPS) is 25.8. The largest absolute Gasteiger partial charge is 0.444 e. The Bertz CT molecular complexity index is 465. The molecule has 1 amide bonds. The average Bonchev–Trinajstić information content (AvgIpc) is 2.73. The lowest BCUT2D eigenvalue weighted by molar-refractivity contribution is -0.0397. The molecule has 1 rings (SSSR count). The second kappa shape index (κ2) is 7.58. The van der Waals surface area contributed by atoms with Crippen molar-refractivity contribution in [2.75, 3.05) is 13.2 Å². The molecule has 0 aromatic carbocycles. The molecule has 1 saturated heterocycles. The summed E-state index contributed by atoms with van der Waals surface area (Å²) in [5.74, 6) is 0.293. The summed E-state index contributed by atoms with van der Waals surface area (Å²) in [6.45, 7) is 16.8. The van der Waals surface area contributed by atoms with Gasteiger partial charge >= 0.3 is 6.09 Å². The van der Waals surface area contributed by atoms with Crippen molar-refractivity contribution in [2.45, 2.75) is 72.4 Å². The molecule has 1 N–H and O–H groups in total. The molecule has 1 heterocycles. The van der Waals surface area contributed by atoms with Crippen molar-refractivity contribution in [2.24, 2.45) is 11.3 Å². The van der Waals surface area contributed by atoms with Crippen molar-refractivity contribution < 1.29 is 19.1 Å². The van der Waals surface area contributed by atoms with E-state index in [4.69, 9.17) is 9.16 Å². The molecule has 5 nitrogen and oxygen atoms in total. The molecule has 0 spiro atoms. The van der Waals surface area contributed by atoms with Crippen LogP contribution in [0.15, 0.2) is 12.2 Å². The third-order valence-electron chi connectivity index (χ3n) is 4.16. The summed E-state index contributed by atoms with van der Waals surface area (Å²) in [5, 5.41) is 9.25. The van der Waals surface area contributed by atoms with Crippen molar-refractivity contribution in [3.8, 4) is 0 Å². The maximum absolute atomic E-state index is 12.8. The molecule has 6 heteroatoms. The van der Waals surface area contributed by atoms with Gasteiger partial charge in [-0.2, -0.15) is 0 Å². The highest BCUT2D eigenvalue weighted by Crippen LogP contribution is 2.44. The van der Waals surface area contributed by atoms with Gasteiger partial charge in [0.1, 0.15) is 5.60 Å². The standard InChI is InChI=1S/C18H35NO4Si/c1-16(2,3)14-12-18(10-9-11-20,23-24(7)8)19(13-14)15(21)22-17(4,5)6/h9-10,14,20,24H,11-13H2,1-8H3/t14-,18+/m0/s1. The van der Waals surface area contributed by atoms with Crippen molar-refractivity contribution in [1.29, 1.82) is 0 Å². The van der Waals surface area contributed by atoms with Crippen LogP contribution in [-0.4, -0.2) is 49.6 Å². The topological polar surface area (TPSA) is 59.0 Å². The van der Waals surface area contributed by atoms with Crippen LogP contribution in [0.3, 0.4) is 0 Å². The van der Waals surface area contributed by atoms with Crippen LogP contribution in [-0.2, 0) is 9.16 Å². The number of amides is 1. The number of carbonyl (C=O) groups is 1. The molecule has 0 bridgehead atoms. The molecule has 0 radical (unpaired) electrons. The van der Waals surface area contributed by atoms with E-state index in [1.807, 2.05) is 26.8 Å². The van der Waals surface area contributed by atoms with Crippen LogP contribution >= 0.6 is 0 Å². The maximum atomic E-state index is 12.8. The predicted molar refractivity (Wildman–Crippen MR) is 99.4 cm³/mol. The smallest absolute Gasteiger partial charge is 0.412 e. The Morgan fingerprint density at radius 1 is 1.29 bits per heavy atom. The molecule has 0 aliphatic carbocycles. The predicted octanol–water partition coefficient (Wildman–Crippen LogP) is 3.53. The highest BCUT2D eigenvalue weighted by Gasteiger charge is 2.51. The van der Waals surface area contributed by atoms with E-state index in [-0.39, 0.29) is 18.1 Å². The third-order valence-corrected chi connectivity index (χ3v) is 5.04. The Labute approximate surface area is 148 Å². The lowest BCUT2D eigenvalue weighted by atomic mass is 9.79. The highest BCUT2D eigenvalue weighted by atomic mass is 28.3. The molecule has 1 fully saturated rings. The van der Waals surface area contributed by atoms with Crippen molar-refractivity contribution in [1.82, 2.24) is 4.90 Å². The van der Waals surface area contributed by atoms with Gasteiger partial charge in [-0.05, 0) is 51.3 Å². The van der Waals surface area contributed by atoms with E-state index in [0.29, 0.717) is 12.5 Å². The zero-order valence-electron chi connectivity index (χ0n) is 16.5. The van der Waals surface area contributed by atoms with Gasteiger partial charge in [-0.3, -0.25) is 4.90 Å². The van der Waals surface area contributed by atoms with Crippen LogP contribution in [0, 0.1) is 11.3 Å². The van der Waals surface area contributed by atoms with E-state index in [9.17, 15) is 9.90 Å². The van der Waals surface area contributed by atoms with Gasteiger partial charge in [0.05, 0.1) is 6.61 Å². The van der Waals surface area contributed by atoms with Crippen LogP contribution in [0.25, 0.3) is 0 Å². The van der Waals surface area contributed by atoms with Crippen molar-refractivity contribution in [3.63, 3.8) is 0 Å².